The molecule has 0 saturated heterocycles. The van der Waals surface area contributed by atoms with E-state index in [0.29, 0.717) is 12.8 Å². The van der Waals surface area contributed by atoms with Crippen LogP contribution in [-0.4, -0.2) is 21.1 Å². The zero-order valence-corrected chi connectivity index (χ0v) is 12.6. The molecular weight excluding hydrogens is 295 g/mol. The molecule has 1 spiro atoms. The van der Waals surface area contributed by atoms with Gasteiger partial charge in [0.1, 0.15) is 16.3 Å². The quantitative estimate of drug-likeness (QED) is 0.787. The average Bonchev–Trinajstić information content (AvgIpc) is 2.66. The fraction of sp³-hybridized carbons (Fsp3) is 0.467. The molecule has 114 valence electrons. The smallest absolute Gasteiger partial charge is 0.302 e. The van der Waals surface area contributed by atoms with Crippen molar-refractivity contribution < 1.29 is 21.7 Å². The fourth-order valence-corrected chi connectivity index (χ4v) is 4.90. The van der Waals surface area contributed by atoms with E-state index in [1.807, 2.05) is 0 Å². The van der Waals surface area contributed by atoms with Gasteiger partial charge in [-0.05, 0) is 18.9 Å². The normalized spacial score (nSPS) is 23.5. The molecular formula is C15H17FO4S. The molecule has 1 heterocycles. The maximum Gasteiger partial charge on any atom is 0.302 e. The van der Waals surface area contributed by atoms with Crippen LogP contribution in [0.1, 0.15) is 37.7 Å². The molecule has 0 atom stereocenters. The van der Waals surface area contributed by atoms with Gasteiger partial charge in [-0.15, -0.1) is 0 Å². The second-order valence-electron chi connectivity index (χ2n) is 5.43. The van der Waals surface area contributed by atoms with E-state index in [2.05, 4.69) is 0 Å². The molecule has 3 rings (SSSR count). The van der Waals surface area contributed by atoms with Crippen molar-refractivity contribution in [1.82, 2.24) is 0 Å². The first-order valence-electron chi connectivity index (χ1n) is 6.99. The van der Waals surface area contributed by atoms with Crippen LogP contribution in [0.3, 0.4) is 0 Å². The van der Waals surface area contributed by atoms with Gasteiger partial charge in [-0.3, -0.25) is 4.18 Å². The van der Waals surface area contributed by atoms with Crippen molar-refractivity contribution in [2.24, 2.45) is 0 Å². The standard InChI is InChI=1S/C15H17FO4S/c1-19-14-13(11-7-3-4-8-12(11)16)21(17,18)20-15(14)9-5-2-6-10-15/h3-4,7-8H,2,5-6,9-10H2,1H3. The molecule has 1 aromatic rings. The van der Waals surface area contributed by atoms with Crippen LogP contribution in [0.15, 0.2) is 30.0 Å². The Bertz CT molecular complexity index is 687. The highest BCUT2D eigenvalue weighted by molar-refractivity contribution is 7.96. The largest absolute Gasteiger partial charge is 0.496 e. The highest BCUT2D eigenvalue weighted by atomic mass is 32.2. The lowest BCUT2D eigenvalue weighted by molar-refractivity contribution is 0.0329. The van der Waals surface area contributed by atoms with E-state index in [-0.39, 0.29) is 16.2 Å². The molecule has 0 unspecified atom stereocenters. The van der Waals surface area contributed by atoms with Gasteiger partial charge in [0.2, 0.25) is 0 Å². The van der Waals surface area contributed by atoms with E-state index in [1.54, 1.807) is 6.07 Å². The van der Waals surface area contributed by atoms with E-state index in [4.69, 9.17) is 8.92 Å². The van der Waals surface area contributed by atoms with Crippen molar-refractivity contribution in [2.45, 2.75) is 37.7 Å². The SMILES string of the molecule is COC1=C(c2ccccc2F)S(=O)(=O)OC12CCCCC2. The Labute approximate surface area is 123 Å². The van der Waals surface area contributed by atoms with E-state index in [9.17, 15) is 12.8 Å². The van der Waals surface area contributed by atoms with Crippen LogP contribution in [0.5, 0.6) is 0 Å². The third kappa shape index (κ3) is 2.26. The minimum Gasteiger partial charge on any atom is -0.496 e. The predicted molar refractivity (Wildman–Crippen MR) is 76.1 cm³/mol. The number of methoxy groups -OCH3 is 1. The van der Waals surface area contributed by atoms with Crippen LogP contribution in [0, 0.1) is 5.82 Å². The molecule has 0 amide bonds. The second kappa shape index (κ2) is 5.10. The molecule has 2 aliphatic rings. The number of benzene rings is 1. The summed E-state index contributed by atoms with van der Waals surface area (Å²) in [6, 6.07) is 5.79. The van der Waals surface area contributed by atoms with Gasteiger partial charge in [-0.25, -0.2) is 4.39 Å². The van der Waals surface area contributed by atoms with Crippen molar-refractivity contribution in [1.29, 1.82) is 0 Å². The molecule has 0 radical (unpaired) electrons. The van der Waals surface area contributed by atoms with Gasteiger partial charge in [-0.1, -0.05) is 37.5 Å². The Hall–Kier alpha value is -1.40. The fourth-order valence-electron chi connectivity index (χ4n) is 3.22. The van der Waals surface area contributed by atoms with Crippen molar-refractivity contribution in [2.75, 3.05) is 7.11 Å². The summed E-state index contributed by atoms with van der Waals surface area (Å²) >= 11 is 0. The Morgan fingerprint density at radius 2 is 1.86 bits per heavy atom. The van der Waals surface area contributed by atoms with Gasteiger partial charge in [0, 0.05) is 5.56 Å². The predicted octanol–water partition coefficient (Wildman–Crippen LogP) is 3.20. The maximum absolute atomic E-state index is 14.0. The molecule has 6 heteroatoms. The molecule has 0 N–H and O–H groups in total. The van der Waals surface area contributed by atoms with Crippen molar-refractivity contribution in [3.63, 3.8) is 0 Å². The Morgan fingerprint density at radius 3 is 2.48 bits per heavy atom. The molecule has 1 saturated carbocycles. The van der Waals surface area contributed by atoms with Gasteiger partial charge in [0.15, 0.2) is 5.76 Å². The number of halogens is 1. The number of ether oxygens (including phenoxy) is 1. The molecule has 1 fully saturated rings. The molecule has 4 nitrogen and oxygen atoms in total. The van der Waals surface area contributed by atoms with Crippen LogP contribution < -0.4 is 0 Å². The Balaban J connectivity index is 2.22. The van der Waals surface area contributed by atoms with E-state index < -0.39 is 21.5 Å². The van der Waals surface area contributed by atoms with Crippen molar-refractivity contribution in [3.05, 3.63) is 41.4 Å². The third-order valence-corrected chi connectivity index (χ3v) is 5.57. The Kier molecular flexibility index (Phi) is 3.53. The minimum atomic E-state index is -4.02. The lowest BCUT2D eigenvalue weighted by Crippen LogP contribution is -2.35. The number of hydrogen-bond donors (Lipinski definition) is 0. The summed E-state index contributed by atoms with van der Waals surface area (Å²) in [6.45, 7) is 0. The van der Waals surface area contributed by atoms with Gasteiger partial charge in [0.25, 0.3) is 0 Å². The van der Waals surface area contributed by atoms with E-state index in [0.717, 1.165) is 19.3 Å². The summed E-state index contributed by atoms with van der Waals surface area (Å²) < 4.78 is 49.7. The molecule has 0 bridgehead atoms. The van der Waals surface area contributed by atoms with E-state index in [1.165, 1.54) is 25.3 Å². The summed E-state index contributed by atoms with van der Waals surface area (Å²) in [5.74, 6) is -0.352. The summed E-state index contributed by atoms with van der Waals surface area (Å²) in [6.07, 6.45) is 3.93. The van der Waals surface area contributed by atoms with Crippen LogP contribution in [-0.2, 0) is 19.0 Å². The first-order valence-corrected chi connectivity index (χ1v) is 8.40. The lowest BCUT2D eigenvalue weighted by Gasteiger charge is -2.32. The monoisotopic (exact) mass is 312 g/mol. The zero-order valence-electron chi connectivity index (χ0n) is 11.8. The maximum atomic E-state index is 14.0. The number of hydrogen-bond acceptors (Lipinski definition) is 4. The van der Waals surface area contributed by atoms with Crippen molar-refractivity contribution >= 4 is 15.0 Å². The van der Waals surface area contributed by atoms with Crippen LogP contribution in [0.2, 0.25) is 0 Å². The third-order valence-electron chi connectivity index (χ3n) is 4.12. The number of rotatable bonds is 2. The van der Waals surface area contributed by atoms with Gasteiger partial charge < -0.3 is 4.74 Å². The Morgan fingerprint density at radius 1 is 1.19 bits per heavy atom. The molecule has 1 aromatic carbocycles. The molecule has 1 aliphatic heterocycles. The van der Waals surface area contributed by atoms with Crippen LogP contribution in [0.4, 0.5) is 4.39 Å². The first-order chi connectivity index (χ1) is 10.0. The summed E-state index contributed by atoms with van der Waals surface area (Å²) in [5, 5.41) is 0. The highest BCUT2D eigenvalue weighted by Gasteiger charge is 2.53. The van der Waals surface area contributed by atoms with E-state index >= 15 is 0 Å². The second-order valence-corrected chi connectivity index (χ2v) is 6.92. The zero-order chi connectivity index (χ0) is 15.1. The van der Waals surface area contributed by atoms with Crippen LogP contribution >= 0.6 is 0 Å². The topological polar surface area (TPSA) is 52.6 Å². The van der Waals surface area contributed by atoms with Crippen molar-refractivity contribution in [3.8, 4) is 0 Å². The minimum absolute atomic E-state index is 0.0109. The summed E-state index contributed by atoms with van der Waals surface area (Å²) in [4.78, 5) is -0.162. The van der Waals surface area contributed by atoms with Crippen LogP contribution in [0.25, 0.3) is 4.91 Å². The van der Waals surface area contributed by atoms with Gasteiger partial charge >= 0.3 is 10.1 Å². The summed E-state index contributed by atoms with van der Waals surface area (Å²) in [5.41, 5.74) is -0.944. The molecule has 0 aromatic heterocycles. The van der Waals surface area contributed by atoms with Gasteiger partial charge in [0.05, 0.1) is 7.11 Å². The average molecular weight is 312 g/mol. The summed E-state index contributed by atoms with van der Waals surface area (Å²) in [7, 11) is -2.60. The molecule has 21 heavy (non-hydrogen) atoms. The molecule has 1 aliphatic carbocycles. The first kappa shape index (κ1) is 14.5. The van der Waals surface area contributed by atoms with Gasteiger partial charge in [-0.2, -0.15) is 8.42 Å². The highest BCUT2D eigenvalue weighted by Crippen LogP contribution is 2.50. The lowest BCUT2D eigenvalue weighted by atomic mass is 9.83.